The molecule has 0 heterocycles. The smallest absolute Gasteiger partial charge is 0.238 e. The van der Waals surface area contributed by atoms with Crippen LogP contribution in [0.3, 0.4) is 0 Å². The highest BCUT2D eigenvalue weighted by Gasteiger charge is 2.08. The van der Waals surface area contributed by atoms with Gasteiger partial charge in [0.1, 0.15) is 5.82 Å². The predicted molar refractivity (Wildman–Crippen MR) is 102 cm³/mol. The number of hydrazine groups is 1. The van der Waals surface area contributed by atoms with Gasteiger partial charge in [0, 0.05) is 30.8 Å². The summed E-state index contributed by atoms with van der Waals surface area (Å²) >= 11 is 0. The number of carbonyl (C=O) groups is 1. The Kier molecular flexibility index (Phi) is 6.84. The highest BCUT2D eigenvalue weighted by Crippen LogP contribution is 2.25. The van der Waals surface area contributed by atoms with E-state index >= 15 is 0 Å². The van der Waals surface area contributed by atoms with Crippen molar-refractivity contribution in [1.82, 2.24) is 10.9 Å². The van der Waals surface area contributed by atoms with Crippen LogP contribution in [-0.2, 0) is 11.3 Å². The number of rotatable bonds is 5. The van der Waals surface area contributed by atoms with E-state index in [1.54, 1.807) is 26.3 Å². The van der Waals surface area contributed by atoms with Crippen LogP contribution in [0.15, 0.2) is 52.4 Å². The number of nitrogens with one attached hydrogen (secondary N) is 2. The third kappa shape index (κ3) is 5.14. The fraction of sp³-hybridized carbons (Fsp3) is 0.211. The molecule has 0 bridgehead atoms. The molecule has 0 aliphatic rings. The molecule has 0 aliphatic carbocycles. The first-order valence-electron chi connectivity index (χ1n) is 8.20. The van der Waals surface area contributed by atoms with Crippen LogP contribution in [0.2, 0.25) is 0 Å². The third-order valence-corrected chi connectivity index (χ3v) is 3.66. The van der Waals surface area contributed by atoms with Crippen LogP contribution in [0.1, 0.15) is 24.5 Å². The Morgan fingerprint density at radius 1 is 1.23 bits per heavy atom. The molecule has 0 saturated heterocycles. The fourth-order valence-electron chi connectivity index (χ4n) is 2.29. The number of hydrogen-bond donors (Lipinski definition) is 3. The molecular formula is C19H22FN5O. The fourth-order valence-corrected chi connectivity index (χ4v) is 2.29. The zero-order valence-corrected chi connectivity index (χ0v) is 14.8. The van der Waals surface area contributed by atoms with Crippen LogP contribution in [0, 0.1) is 5.82 Å². The quantitative estimate of drug-likeness (QED) is 0.437. The molecule has 0 atom stereocenters. The van der Waals surface area contributed by atoms with Crippen molar-refractivity contribution in [1.29, 1.82) is 0 Å². The predicted octanol–water partition coefficient (Wildman–Crippen LogP) is 2.39. The first-order valence-corrected chi connectivity index (χ1v) is 8.20. The lowest BCUT2D eigenvalue weighted by Gasteiger charge is -2.09. The summed E-state index contributed by atoms with van der Waals surface area (Å²) < 4.78 is 14.4. The molecule has 2 rings (SSSR count). The highest BCUT2D eigenvalue weighted by molar-refractivity contribution is 5.90. The molecule has 0 saturated carbocycles. The van der Waals surface area contributed by atoms with Crippen LogP contribution in [0.5, 0.6) is 0 Å². The van der Waals surface area contributed by atoms with E-state index in [-0.39, 0.29) is 24.2 Å². The summed E-state index contributed by atoms with van der Waals surface area (Å²) in [5, 5.41) is 0. The van der Waals surface area contributed by atoms with E-state index in [2.05, 4.69) is 20.8 Å². The first-order chi connectivity index (χ1) is 12.5. The minimum atomic E-state index is -0.375. The van der Waals surface area contributed by atoms with Gasteiger partial charge in [0.15, 0.2) is 0 Å². The van der Waals surface area contributed by atoms with Gasteiger partial charge in [-0.1, -0.05) is 43.3 Å². The molecule has 0 unspecified atom stereocenters. The molecule has 7 heteroatoms. The molecule has 4 N–H and O–H groups in total. The Labute approximate surface area is 152 Å². The second-order valence-corrected chi connectivity index (χ2v) is 5.51. The van der Waals surface area contributed by atoms with Crippen LogP contribution in [0.4, 0.5) is 4.39 Å². The molecule has 0 spiro atoms. The maximum Gasteiger partial charge on any atom is 0.238 e. The molecule has 0 radical (unpaired) electrons. The second-order valence-electron chi connectivity index (χ2n) is 5.51. The SMILES string of the molecule is CCC(=O)NNC(N)=NCc1ccc(-c2ccccc2C=NC)cc1F. The molecule has 6 nitrogen and oxygen atoms in total. The lowest BCUT2D eigenvalue weighted by atomic mass is 9.99. The van der Waals surface area contributed by atoms with E-state index < -0.39 is 0 Å². The van der Waals surface area contributed by atoms with Gasteiger partial charge in [0.05, 0.1) is 6.54 Å². The van der Waals surface area contributed by atoms with Crippen molar-refractivity contribution in [2.75, 3.05) is 7.05 Å². The molecule has 0 aliphatic heterocycles. The Hall–Kier alpha value is -3.22. The van der Waals surface area contributed by atoms with Crippen LogP contribution < -0.4 is 16.6 Å². The molecule has 1 amide bonds. The Morgan fingerprint density at radius 2 is 2.00 bits per heavy atom. The third-order valence-electron chi connectivity index (χ3n) is 3.66. The van der Waals surface area contributed by atoms with Crippen molar-refractivity contribution in [2.24, 2.45) is 15.7 Å². The molecule has 136 valence electrons. The summed E-state index contributed by atoms with van der Waals surface area (Å²) in [5.41, 5.74) is 13.5. The minimum Gasteiger partial charge on any atom is -0.369 e. The topological polar surface area (TPSA) is 91.9 Å². The van der Waals surface area contributed by atoms with Crippen molar-refractivity contribution >= 4 is 18.1 Å². The molecule has 2 aromatic rings. The lowest BCUT2D eigenvalue weighted by Crippen LogP contribution is -2.45. The van der Waals surface area contributed by atoms with Gasteiger partial charge >= 0.3 is 0 Å². The molecule has 2 aromatic carbocycles. The van der Waals surface area contributed by atoms with Crippen LogP contribution >= 0.6 is 0 Å². The summed E-state index contributed by atoms with van der Waals surface area (Å²) in [4.78, 5) is 19.2. The van der Waals surface area contributed by atoms with E-state index in [1.165, 1.54) is 6.07 Å². The van der Waals surface area contributed by atoms with Gasteiger partial charge in [-0.2, -0.15) is 0 Å². The Bertz CT molecular complexity index is 832. The number of aliphatic imine (C=N–C) groups is 2. The van der Waals surface area contributed by atoms with E-state index in [0.29, 0.717) is 12.0 Å². The van der Waals surface area contributed by atoms with Crippen LogP contribution in [-0.4, -0.2) is 25.1 Å². The van der Waals surface area contributed by atoms with Crippen LogP contribution in [0.25, 0.3) is 11.1 Å². The Morgan fingerprint density at radius 3 is 2.69 bits per heavy atom. The first kappa shape index (κ1) is 19.1. The van der Waals surface area contributed by atoms with Crippen molar-refractivity contribution in [3.8, 4) is 11.1 Å². The average molecular weight is 355 g/mol. The van der Waals surface area contributed by atoms with Gasteiger partial charge in [-0.05, 0) is 17.2 Å². The number of halogens is 1. The van der Waals surface area contributed by atoms with Crippen molar-refractivity contribution in [2.45, 2.75) is 19.9 Å². The maximum atomic E-state index is 14.4. The van der Waals surface area contributed by atoms with Crippen molar-refractivity contribution in [3.63, 3.8) is 0 Å². The second kappa shape index (κ2) is 9.31. The molecule has 0 fully saturated rings. The Balaban J connectivity index is 2.14. The average Bonchev–Trinajstić information content (AvgIpc) is 2.65. The monoisotopic (exact) mass is 355 g/mol. The number of guanidine groups is 1. The summed E-state index contributed by atoms with van der Waals surface area (Å²) in [5.74, 6) is -0.576. The van der Waals surface area contributed by atoms with Gasteiger partial charge in [0.2, 0.25) is 11.9 Å². The summed E-state index contributed by atoms with van der Waals surface area (Å²) in [6, 6.07) is 12.6. The van der Waals surface area contributed by atoms with Crippen molar-refractivity contribution < 1.29 is 9.18 Å². The van der Waals surface area contributed by atoms with Gasteiger partial charge in [-0.3, -0.25) is 20.6 Å². The van der Waals surface area contributed by atoms with Gasteiger partial charge < -0.3 is 5.73 Å². The van der Waals surface area contributed by atoms with E-state index in [4.69, 9.17) is 5.73 Å². The molecular weight excluding hydrogens is 333 g/mol. The minimum absolute atomic E-state index is 0.0137. The number of nitrogens with two attached hydrogens (primary N) is 1. The highest BCUT2D eigenvalue weighted by atomic mass is 19.1. The largest absolute Gasteiger partial charge is 0.369 e. The standard InChI is InChI=1S/C19H22FN5O/c1-3-18(26)24-25-19(21)23-12-15-9-8-13(10-17(15)20)16-7-5-4-6-14(16)11-22-2/h4-11H,3,12H2,1-2H3,(H,24,26)(H3,21,23,25). The van der Waals surface area contributed by atoms with Crippen molar-refractivity contribution in [3.05, 3.63) is 59.4 Å². The van der Waals surface area contributed by atoms with Gasteiger partial charge in [-0.25, -0.2) is 9.38 Å². The summed E-state index contributed by atoms with van der Waals surface area (Å²) in [7, 11) is 1.69. The number of hydrogen-bond acceptors (Lipinski definition) is 3. The lowest BCUT2D eigenvalue weighted by molar-refractivity contribution is -0.121. The van der Waals surface area contributed by atoms with E-state index in [0.717, 1.165) is 16.7 Å². The maximum absolute atomic E-state index is 14.4. The molecule has 0 aromatic heterocycles. The zero-order chi connectivity index (χ0) is 18.9. The number of amides is 1. The normalized spacial score (nSPS) is 11.6. The summed E-state index contributed by atoms with van der Waals surface area (Å²) in [6.45, 7) is 1.77. The zero-order valence-electron chi connectivity index (χ0n) is 14.8. The molecule has 26 heavy (non-hydrogen) atoms. The number of nitrogens with zero attached hydrogens (tertiary/aromatic N) is 2. The van der Waals surface area contributed by atoms with E-state index in [9.17, 15) is 9.18 Å². The number of carbonyl (C=O) groups excluding carboxylic acids is 1. The van der Waals surface area contributed by atoms with Gasteiger partial charge in [-0.15, -0.1) is 0 Å². The van der Waals surface area contributed by atoms with Gasteiger partial charge in [0.25, 0.3) is 0 Å². The number of benzene rings is 2. The summed E-state index contributed by atoms with van der Waals surface area (Å²) in [6.07, 6.45) is 2.06. The van der Waals surface area contributed by atoms with E-state index in [1.807, 2.05) is 30.3 Å².